The third-order valence-corrected chi connectivity index (χ3v) is 8.30. The molecule has 2 aromatic heterocycles. The van der Waals surface area contributed by atoms with Gasteiger partial charge < -0.3 is 14.3 Å². The van der Waals surface area contributed by atoms with E-state index in [4.69, 9.17) is 4.42 Å². The van der Waals surface area contributed by atoms with Crippen molar-refractivity contribution in [2.45, 2.75) is 38.0 Å². The van der Waals surface area contributed by atoms with Crippen LogP contribution in [0.3, 0.4) is 0 Å². The molecule has 0 unspecified atom stereocenters. The molecular formula is C22H23N5O4S2. The van der Waals surface area contributed by atoms with Gasteiger partial charge in [0.05, 0.1) is 28.7 Å². The molecule has 3 heterocycles. The van der Waals surface area contributed by atoms with Crippen LogP contribution in [0, 0.1) is 25.2 Å². The highest BCUT2D eigenvalue weighted by Crippen LogP contribution is 2.30. The van der Waals surface area contributed by atoms with Crippen LogP contribution in [0.2, 0.25) is 0 Å². The molecular weight excluding hydrogens is 462 g/mol. The fraction of sp³-hybridized carbons (Fsp3) is 0.364. The van der Waals surface area contributed by atoms with E-state index in [1.807, 2.05) is 48.7 Å². The Kier molecular flexibility index (Phi) is 6.58. The third-order valence-electron chi connectivity index (χ3n) is 5.71. The average Bonchev–Trinajstić information content (AvgIpc) is 3.46. The molecule has 0 radical (unpaired) electrons. The normalized spacial score (nSPS) is 17.1. The highest BCUT2D eigenvalue weighted by Gasteiger charge is 2.33. The number of hydrogen-bond donors (Lipinski definition) is 1. The maximum Gasteiger partial charge on any atom is 0.277 e. The Morgan fingerprint density at radius 2 is 2.06 bits per heavy atom. The molecule has 1 saturated heterocycles. The number of amides is 1. The van der Waals surface area contributed by atoms with Gasteiger partial charge in [0, 0.05) is 12.2 Å². The van der Waals surface area contributed by atoms with E-state index in [-0.39, 0.29) is 40.2 Å². The van der Waals surface area contributed by atoms with Gasteiger partial charge >= 0.3 is 0 Å². The van der Waals surface area contributed by atoms with Crippen LogP contribution in [0.4, 0.5) is 5.82 Å². The predicted octanol–water partition coefficient (Wildman–Crippen LogP) is 3.04. The number of benzene rings is 1. The minimum Gasteiger partial charge on any atom is -0.416 e. The lowest BCUT2D eigenvalue weighted by molar-refractivity contribution is -0.113. The second-order valence-corrected chi connectivity index (χ2v) is 11.1. The zero-order chi connectivity index (χ0) is 23.6. The summed E-state index contributed by atoms with van der Waals surface area (Å²) in [4.78, 5) is 12.7. The van der Waals surface area contributed by atoms with Crippen LogP contribution in [0.1, 0.15) is 40.6 Å². The van der Waals surface area contributed by atoms with Gasteiger partial charge in [-0.15, -0.1) is 10.2 Å². The Labute approximate surface area is 196 Å². The Balaban J connectivity index is 1.45. The molecule has 1 amide bonds. The number of nitrogens with zero attached hydrogens (tertiary/aromatic N) is 4. The number of nitrogens with one attached hydrogen (secondary N) is 1. The van der Waals surface area contributed by atoms with E-state index in [2.05, 4.69) is 21.6 Å². The van der Waals surface area contributed by atoms with Gasteiger partial charge in [-0.2, -0.15) is 5.26 Å². The van der Waals surface area contributed by atoms with Crippen molar-refractivity contribution >= 4 is 33.3 Å². The highest BCUT2D eigenvalue weighted by molar-refractivity contribution is 7.99. The largest absolute Gasteiger partial charge is 0.416 e. The number of sulfone groups is 1. The lowest BCUT2D eigenvalue weighted by atomic mass is 10.1. The number of rotatable bonds is 7. The molecule has 4 rings (SSSR count). The number of carbonyl (C=O) groups is 1. The predicted molar refractivity (Wildman–Crippen MR) is 124 cm³/mol. The summed E-state index contributed by atoms with van der Waals surface area (Å²) in [7, 11) is -3.06. The van der Waals surface area contributed by atoms with Crippen LogP contribution in [-0.4, -0.2) is 46.3 Å². The van der Waals surface area contributed by atoms with E-state index in [0.717, 1.165) is 28.6 Å². The number of aromatic nitrogens is 3. The molecule has 0 spiro atoms. The Morgan fingerprint density at radius 3 is 2.73 bits per heavy atom. The first kappa shape index (κ1) is 23.1. The van der Waals surface area contributed by atoms with Crippen molar-refractivity contribution < 1.29 is 17.6 Å². The quantitative estimate of drug-likeness (QED) is 0.505. The number of carbonyl (C=O) groups excluding carboxylic acids is 1. The topological polar surface area (TPSA) is 131 Å². The molecule has 1 N–H and O–H groups in total. The average molecular weight is 486 g/mol. The van der Waals surface area contributed by atoms with E-state index in [1.165, 1.54) is 0 Å². The molecule has 1 aromatic carbocycles. The van der Waals surface area contributed by atoms with E-state index in [1.54, 1.807) is 0 Å². The minimum absolute atomic E-state index is 0.00405. The smallest absolute Gasteiger partial charge is 0.277 e. The second kappa shape index (κ2) is 9.41. The minimum atomic E-state index is -3.06. The molecule has 0 saturated carbocycles. The zero-order valence-corrected chi connectivity index (χ0v) is 19.9. The Hall–Kier alpha value is -3.10. The van der Waals surface area contributed by atoms with Crippen molar-refractivity contribution in [2.24, 2.45) is 0 Å². The molecule has 33 heavy (non-hydrogen) atoms. The van der Waals surface area contributed by atoms with Crippen LogP contribution in [0.25, 0.3) is 0 Å². The molecule has 11 heteroatoms. The molecule has 9 nitrogen and oxygen atoms in total. The Bertz CT molecular complexity index is 1320. The lowest BCUT2D eigenvalue weighted by Gasteiger charge is -2.13. The lowest BCUT2D eigenvalue weighted by Crippen LogP contribution is -2.18. The van der Waals surface area contributed by atoms with Gasteiger partial charge in [-0.05, 0) is 31.4 Å². The second-order valence-electron chi connectivity index (χ2n) is 7.96. The monoisotopic (exact) mass is 485 g/mol. The number of hydrogen-bond acceptors (Lipinski definition) is 8. The molecule has 3 aromatic rings. The molecule has 1 aliphatic rings. The number of nitriles is 1. The van der Waals surface area contributed by atoms with E-state index in [0.29, 0.717) is 24.3 Å². The van der Waals surface area contributed by atoms with Crippen molar-refractivity contribution in [1.82, 2.24) is 14.8 Å². The summed E-state index contributed by atoms with van der Waals surface area (Å²) in [5, 5.41) is 20.6. The molecule has 172 valence electrons. The highest BCUT2D eigenvalue weighted by atomic mass is 32.2. The molecule has 1 atom stereocenters. The maximum atomic E-state index is 12.7. The standard InChI is InChI=1S/C22H23N5O4S2/c1-14-15(2)27(11-16-6-4-3-5-7-16)20(18(14)10-23)24-19(28)12-32-22-26-25-21(31-22)17-8-9-33(29,30)13-17/h3-7,17H,8-9,11-13H2,1-2H3,(H,24,28)/t17-/m0/s1. The van der Waals surface area contributed by atoms with Crippen molar-refractivity contribution in [3.05, 3.63) is 58.6 Å². The summed E-state index contributed by atoms with van der Waals surface area (Å²) >= 11 is 1.07. The van der Waals surface area contributed by atoms with Crippen molar-refractivity contribution in [2.75, 3.05) is 22.6 Å². The molecule has 0 aliphatic carbocycles. The van der Waals surface area contributed by atoms with Gasteiger partial charge in [-0.1, -0.05) is 42.1 Å². The van der Waals surface area contributed by atoms with Crippen LogP contribution >= 0.6 is 11.8 Å². The van der Waals surface area contributed by atoms with Crippen LogP contribution in [-0.2, 0) is 21.2 Å². The van der Waals surface area contributed by atoms with Crippen molar-refractivity contribution in [3.8, 4) is 6.07 Å². The molecule has 1 fully saturated rings. The number of thioether (sulfide) groups is 1. The third kappa shape index (κ3) is 5.12. The summed E-state index contributed by atoms with van der Waals surface area (Å²) in [6.07, 6.45) is 0.461. The summed E-state index contributed by atoms with van der Waals surface area (Å²) in [5.41, 5.74) is 3.22. The first-order valence-electron chi connectivity index (χ1n) is 10.4. The molecule has 1 aliphatic heterocycles. The van der Waals surface area contributed by atoms with Gasteiger partial charge in [0.2, 0.25) is 11.8 Å². The maximum absolute atomic E-state index is 12.7. The van der Waals surface area contributed by atoms with Gasteiger partial charge in [0.1, 0.15) is 11.9 Å². The fourth-order valence-corrected chi connectivity index (χ4v) is 6.13. The van der Waals surface area contributed by atoms with E-state index in [9.17, 15) is 18.5 Å². The van der Waals surface area contributed by atoms with Gasteiger partial charge in [0.15, 0.2) is 9.84 Å². The number of anilines is 1. The van der Waals surface area contributed by atoms with Gasteiger partial charge in [-0.3, -0.25) is 4.79 Å². The van der Waals surface area contributed by atoms with Gasteiger partial charge in [0.25, 0.3) is 5.22 Å². The Morgan fingerprint density at radius 1 is 1.30 bits per heavy atom. The SMILES string of the molecule is Cc1c(C#N)c(NC(=O)CSc2nnc([C@H]3CCS(=O)(=O)C3)o2)n(Cc2ccccc2)c1C. The zero-order valence-electron chi connectivity index (χ0n) is 18.2. The van der Waals surface area contributed by atoms with Crippen LogP contribution < -0.4 is 5.32 Å². The van der Waals surface area contributed by atoms with Gasteiger partial charge in [-0.25, -0.2) is 8.42 Å². The summed E-state index contributed by atoms with van der Waals surface area (Å²) in [6, 6.07) is 12.0. The van der Waals surface area contributed by atoms with Crippen molar-refractivity contribution in [1.29, 1.82) is 5.26 Å². The van der Waals surface area contributed by atoms with E-state index < -0.39 is 9.84 Å². The summed E-state index contributed by atoms with van der Waals surface area (Å²) in [5.74, 6) is 0.270. The fourth-order valence-electron chi connectivity index (χ4n) is 3.82. The summed E-state index contributed by atoms with van der Waals surface area (Å²) in [6.45, 7) is 4.31. The van der Waals surface area contributed by atoms with Crippen LogP contribution in [0.15, 0.2) is 40.0 Å². The first-order valence-corrected chi connectivity index (χ1v) is 13.2. The van der Waals surface area contributed by atoms with Crippen LogP contribution in [0.5, 0.6) is 0 Å². The molecule has 0 bridgehead atoms. The van der Waals surface area contributed by atoms with E-state index >= 15 is 0 Å². The first-order chi connectivity index (χ1) is 15.8. The van der Waals surface area contributed by atoms with Crippen molar-refractivity contribution in [3.63, 3.8) is 0 Å². The summed E-state index contributed by atoms with van der Waals surface area (Å²) < 4.78 is 30.8.